The van der Waals surface area contributed by atoms with Gasteiger partial charge in [0.05, 0.1) is 112 Å². The minimum Gasteiger partial charge on any atom is -0.493 e. The van der Waals surface area contributed by atoms with Crippen molar-refractivity contribution in [3.63, 3.8) is 0 Å². The number of alkyl halides is 4. The maximum Gasteiger partial charge on any atom is 0.149 e. The number of nitrogens with zero attached hydrogens (tertiary/aromatic N) is 12. The zero-order valence-electron chi connectivity index (χ0n) is 79.1. The molecule has 0 amide bonds. The molecule has 12 aromatic rings. The lowest BCUT2D eigenvalue weighted by molar-refractivity contribution is 0.0865. The average molecular weight is 2450 g/mol. The van der Waals surface area contributed by atoms with Gasteiger partial charge in [0.25, 0.3) is 0 Å². The van der Waals surface area contributed by atoms with Crippen molar-refractivity contribution < 1.29 is 78.7 Å². The van der Waals surface area contributed by atoms with Crippen LogP contribution in [-0.4, -0.2) is 202 Å². The van der Waals surface area contributed by atoms with Crippen molar-refractivity contribution in [1.82, 2.24) is 60.0 Å². The Labute approximate surface area is 891 Å². The predicted octanol–water partition coefficient (Wildman–Crippen LogP) is 18.9. The second-order valence-corrected chi connectivity index (χ2v) is 41.9. The maximum atomic E-state index is 10.3. The Hall–Kier alpha value is -6.94. The van der Waals surface area contributed by atoms with E-state index < -0.39 is 24.4 Å². The Morgan fingerprint density at radius 2 is 0.449 bits per heavy atom. The van der Waals surface area contributed by atoms with Gasteiger partial charge in [-0.3, -0.25) is 0 Å². The van der Waals surface area contributed by atoms with Crippen LogP contribution in [0.1, 0.15) is 150 Å². The number of aliphatic hydroxyl groups is 8. The van der Waals surface area contributed by atoms with E-state index in [0.29, 0.717) is 144 Å². The van der Waals surface area contributed by atoms with Gasteiger partial charge >= 0.3 is 0 Å². The van der Waals surface area contributed by atoms with E-state index in [0.717, 1.165) is 44.9 Å². The lowest BCUT2D eigenvalue weighted by atomic mass is 9.78. The molecule has 12 rings (SSSR count). The molecule has 4 heterocycles. The standard InChI is InChI=1S/2C25H30Cl2IN3O4.2C25H31ClIN3O4/c2*1-16(11-26)14-35-23-9-6-18(10-21(23)27)25(2,3)17-4-7-20(8-5-17)34-15-19(33)12-31-22(13-32)24(28)29-30-31;2*1-17(12-26)15-33-21-8-4-18(5-9-21)25(2,3)19-6-10-22(11-7-19)34-16-20(32)13-30-23(14-31)24(27)28-29-30/h2*4-10,16,19,32-33H,11-15H2,1-3H3;2*4-11,17,20,31-32H,12-16H2,1-3H3/t16-,19-;;2*17-,20+/m1.10/s1/i2*28-4;2*27-4. The van der Waals surface area contributed by atoms with Crippen molar-refractivity contribution in [2.75, 3.05) is 76.4 Å². The number of ether oxygens (including phenoxy) is 8. The Balaban J connectivity index is 0.000000206. The highest BCUT2D eigenvalue weighted by atomic mass is 123. The minimum absolute atomic E-state index is 0.0868. The van der Waals surface area contributed by atoms with Crippen molar-refractivity contribution in [1.29, 1.82) is 0 Å². The molecule has 138 heavy (non-hydrogen) atoms. The molecule has 0 aliphatic heterocycles. The molecule has 0 aliphatic carbocycles. The highest BCUT2D eigenvalue weighted by molar-refractivity contribution is 14.1. The number of hydrogen-bond donors (Lipinski definition) is 8. The molecular weight excluding hydrogens is 2330 g/mol. The van der Waals surface area contributed by atoms with E-state index in [4.69, 9.17) is 108 Å². The van der Waals surface area contributed by atoms with Crippen molar-refractivity contribution in [3.05, 3.63) is 274 Å². The summed E-state index contributed by atoms with van der Waals surface area (Å²) in [6, 6.07) is 59.4. The smallest absolute Gasteiger partial charge is 0.149 e. The summed E-state index contributed by atoms with van der Waals surface area (Å²) in [4.78, 5) is 0. The zero-order valence-corrected chi connectivity index (χ0v) is 92.2. The van der Waals surface area contributed by atoms with Gasteiger partial charge < -0.3 is 78.7 Å². The quantitative estimate of drug-likeness (QED) is 0.0130. The lowest BCUT2D eigenvalue weighted by Crippen LogP contribution is -2.25. The summed E-state index contributed by atoms with van der Waals surface area (Å²) in [6.45, 7) is 28.0. The SMILES string of the molecule is CC(CCl)COc1ccc(C(C)(C)c2ccc(OCC(O)Cn3nnc([123I])c3CO)cc2)cc1Cl.C[C@@H](CCl)COc1ccc(C(C)(C)c2ccc(OC[C@H](O)Cn3nnc([123I])c3CO)cc2)cc1.C[C@H](CCl)COc1ccc(C(C)(C)c2ccc(OC[C@@H](O)Cn3nnc([123I])c3CO)cc2)cc1.C[C@H](CCl)COc1ccc(C(C)(C)c2ccc(OC[C@H](O)Cn3nnc([123I])c3CO)cc2)cc1Cl. The van der Waals surface area contributed by atoms with Gasteiger partial charge in [0.15, 0.2) is 0 Å². The monoisotopic (exact) mass is 2450 g/mol. The number of halogens is 10. The summed E-state index contributed by atoms with van der Waals surface area (Å²) in [5, 5.41) is 112. The zero-order chi connectivity index (χ0) is 101. The molecule has 28 nitrogen and oxygen atoms in total. The van der Waals surface area contributed by atoms with Crippen molar-refractivity contribution in [3.8, 4) is 46.0 Å². The van der Waals surface area contributed by atoms with Gasteiger partial charge in [-0.15, -0.1) is 66.8 Å². The minimum atomic E-state index is -0.802. The number of rotatable bonds is 48. The van der Waals surface area contributed by atoms with Crippen LogP contribution >= 0.6 is 160 Å². The average Bonchev–Trinajstić information content (AvgIpc) is 0.961. The molecule has 0 radical (unpaired) electrons. The molecule has 0 fully saturated rings. The number of benzene rings is 8. The first-order valence-electron chi connectivity index (χ1n) is 44.8. The molecule has 0 saturated heterocycles. The topological polar surface area (TPSA) is 359 Å². The molecular formula is C100H122Cl6I4N12O16. The highest BCUT2D eigenvalue weighted by Gasteiger charge is 2.30. The molecule has 8 N–H and O–H groups in total. The molecule has 0 saturated carbocycles. The molecule has 8 atom stereocenters. The van der Waals surface area contributed by atoms with Crippen LogP contribution in [0.15, 0.2) is 182 Å². The summed E-state index contributed by atoms with van der Waals surface area (Å²) in [5.41, 5.74) is 10.3. The highest BCUT2D eigenvalue weighted by Crippen LogP contribution is 2.41. The number of aromatic nitrogens is 12. The van der Waals surface area contributed by atoms with E-state index in [1.807, 2.05) is 262 Å². The molecule has 4 aromatic heterocycles. The van der Waals surface area contributed by atoms with E-state index in [1.165, 1.54) is 29.9 Å². The summed E-state index contributed by atoms with van der Waals surface area (Å²) in [5.74, 6) is 8.96. The van der Waals surface area contributed by atoms with Crippen LogP contribution in [0.25, 0.3) is 0 Å². The van der Waals surface area contributed by atoms with E-state index in [2.05, 4.69) is 135 Å². The summed E-state index contributed by atoms with van der Waals surface area (Å²) < 4.78 is 54.7. The summed E-state index contributed by atoms with van der Waals surface area (Å²) >= 11 is 44.4. The second kappa shape index (κ2) is 55.8. The largest absolute Gasteiger partial charge is 0.493 e. The molecule has 8 aromatic carbocycles. The van der Waals surface area contributed by atoms with Gasteiger partial charge in [0, 0.05) is 68.9 Å². The second-order valence-electron chi connectivity index (χ2n) is 35.7. The van der Waals surface area contributed by atoms with Gasteiger partial charge in [-0.25, -0.2) is 18.7 Å². The van der Waals surface area contributed by atoms with Crippen LogP contribution in [0.2, 0.25) is 10.0 Å². The normalized spacial score (nSPS) is 13.5. The molecule has 0 bridgehead atoms. The molecule has 748 valence electrons. The van der Waals surface area contributed by atoms with E-state index in [1.54, 1.807) is 0 Å². The Bertz CT molecular complexity index is 5330. The molecule has 2 unspecified atom stereocenters. The fourth-order valence-electron chi connectivity index (χ4n) is 13.8. The summed E-state index contributed by atoms with van der Waals surface area (Å²) in [6.07, 6.45) is -3.17. The maximum absolute atomic E-state index is 10.3. The Kier molecular flexibility index (Phi) is 46.3. The van der Waals surface area contributed by atoms with Crippen LogP contribution in [-0.2, 0) is 74.3 Å². The molecule has 0 aliphatic rings. The van der Waals surface area contributed by atoms with Gasteiger partial charge in [0.2, 0.25) is 0 Å². The van der Waals surface area contributed by atoms with Gasteiger partial charge in [-0.1, -0.05) is 212 Å². The van der Waals surface area contributed by atoms with E-state index >= 15 is 0 Å². The lowest BCUT2D eigenvalue weighted by Gasteiger charge is -2.27. The Morgan fingerprint density at radius 1 is 0.275 bits per heavy atom. The fourth-order valence-corrected chi connectivity index (χ4v) is 16.8. The first-order chi connectivity index (χ1) is 65.8. The van der Waals surface area contributed by atoms with Gasteiger partial charge in [-0.2, -0.15) is 0 Å². The third-order valence-electron chi connectivity index (χ3n) is 23.0. The molecule has 38 heteroatoms. The van der Waals surface area contributed by atoms with Gasteiger partial charge in [0.1, 0.15) is 112 Å². The fraction of sp³-hybridized carbons (Fsp3) is 0.440. The Morgan fingerprint density at radius 3 is 0.630 bits per heavy atom. The third-order valence-corrected chi connectivity index (χ3v) is 29.0. The number of hydrogen-bond acceptors (Lipinski definition) is 24. The van der Waals surface area contributed by atoms with Crippen molar-refractivity contribution in [2.24, 2.45) is 23.7 Å². The van der Waals surface area contributed by atoms with Crippen LogP contribution in [0.3, 0.4) is 0 Å². The van der Waals surface area contributed by atoms with E-state index in [9.17, 15) is 40.9 Å². The number of aliphatic hydroxyl groups excluding tert-OH is 8. The van der Waals surface area contributed by atoms with E-state index in [-0.39, 0.29) is 113 Å². The summed E-state index contributed by atoms with van der Waals surface area (Å²) in [7, 11) is 0. The first kappa shape index (κ1) is 115. The van der Waals surface area contributed by atoms with Crippen molar-refractivity contribution in [2.45, 2.75) is 182 Å². The molecule has 0 spiro atoms. The van der Waals surface area contributed by atoms with Crippen molar-refractivity contribution >= 4 is 160 Å². The third kappa shape index (κ3) is 33.6. The first-order valence-corrected chi connectivity index (χ1v) is 52.0. The van der Waals surface area contributed by atoms with Crippen LogP contribution < -0.4 is 37.9 Å². The predicted molar refractivity (Wildman–Crippen MR) is 572 cm³/mol. The van der Waals surface area contributed by atoms with Crippen LogP contribution in [0.5, 0.6) is 46.0 Å². The van der Waals surface area contributed by atoms with Crippen LogP contribution in [0, 0.1) is 38.5 Å². The van der Waals surface area contributed by atoms with Gasteiger partial charge in [-0.05, 0) is 232 Å². The van der Waals surface area contributed by atoms with Crippen LogP contribution in [0.4, 0.5) is 0 Å².